The van der Waals surface area contributed by atoms with Gasteiger partial charge in [0.25, 0.3) is 5.69 Å². The van der Waals surface area contributed by atoms with Crippen molar-refractivity contribution in [3.05, 3.63) is 64.2 Å². The van der Waals surface area contributed by atoms with E-state index in [-0.39, 0.29) is 4.90 Å². The molecule has 7 nitrogen and oxygen atoms in total. The first-order valence-corrected chi connectivity index (χ1v) is 8.24. The van der Waals surface area contributed by atoms with Gasteiger partial charge in [0.15, 0.2) is 4.90 Å². The summed E-state index contributed by atoms with van der Waals surface area (Å²) >= 11 is 0. The van der Waals surface area contributed by atoms with Crippen molar-refractivity contribution in [2.45, 2.75) is 17.9 Å². The molecular weight excluding hydrogens is 320 g/mol. The zero-order valence-electron chi connectivity index (χ0n) is 12.6. The predicted octanol–water partition coefficient (Wildman–Crippen LogP) is 2.64. The molecule has 1 atom stereocenters. The van der Waals surface area contributed by atoms with Crippen molar-refractivity contribution in [3.8, 4) is 5.75 Å². The number of sulfonamides is 1. The lowest BCUT2D eigenvalue weighted by Gasteiger charge is -2.17. The minimum absolute atomic E-state index is 0.369. The summed E-state index contributed by atoms with van der Waals surface area (Å²) in [5, 5.41) is 11.0. The molecule has 0 aliphatic carbocycles. The normalized spacial score (nSPS) is 12.6. The molecule has 122 valence electrons. The number of nitrogens with zero attached hydrogens (tertiary/aromatic N) is 1. The Hall–Kier alpha value is -2.45. The molecule has 0 aromatic heterocycles. The van der Waals surface area contributed by atoms with Crippen LogP contribution in [0.4, 0.5) is 5.69 Å². The third kappa shape index (κ3) is 3.66. The first-order chi connectivity index (χ1) is 10.9. The zero-order valence-corrected chi connectivity index (χ0v) is 13.4. The molecule has 1 N–H and O–H groups in total. The highest BCUT2D eigenvalue weighted by molar-refractivity contribution is 7.89. The second-order valence-electron chi connectivity index (χ2n) is 4.81. The van der Waals surface area contributed by atoms with E-state index in [1.807, 2.05) is 0 Å². The lowest BCUT2D eigenvalue weighted by atomic mass is 10.1. The van der Waals surface area contributed by atoms with Gasteiger partial charge in [-0.25, -0.2) is 13.1 Å². The number of hydrogen-bond acceptors (Lipinski definition) is 5. The smallest absolute Gasteiger partial charge is 0.289 e. The molecule has 2 aromatic carbocycles. The summed E-state index contributed by atoms with van der Waals surface area (Å²) in [5.41, 5.74) is 0.171. The van der Waals surface area contributed by atoms with Crippen LogP contribution in [0.2, 0.25) is 0 Å². The van der Waals surface area contributed by atoms with E-state index >= 15 is 0 Å². The van der Waals surface area contributed by atoms with Crippen molar-refractivity contribution in [1.82, 2.24) is 4.72 Å². The van der Waals surface area contributed by atoms with E-state index in [9.17, 15) is 18.5 Å². The van der Waals surface area contributed by atoms with Gasteiger partial charge in [0.1, 0.15) is 5.75 Å². The van der Waals surface area contributed by atoms with Gasteiger partial charge in [-0.3, -0.25) is 10.1 Å². The monoisotopic (exact) mass is 336 g/mol. The predicted molar refractivity (Wildman–Crippen MR) is 84.8 cm³/mol. The number of nitrogens with one attached hydrogen (secondary N) is 1. The highest BCUT2D eigenvalue weighted by atomic mass is 32.2. The summed E-state index contributed by atoms with van der Waals surface area (Å²) in [4.78, 5) is 9.93. The van der Waals surface area contributed by atoms with Crippen molar-refractivity contribution < 1.29 is 18.1 Å². The summed E-state index contributed by atoms with van der Waals surface area (Å²) in [6, 6.07) is 11.6. The van der Waals surface area contributed by atoms with E-state index in [1.54, 1.807) is 31.2 Å². The topological polar surface area (TPSA) is 98.5 Å². The van der Waals surface area contributed by atoms with Gasteiger partial charge in [0, 0.05) is 17.7 Å². The second kappa shape index (κ2) is 6.76. The Balaban J connectivity index is 2.37. The van der Waals surface area contributed by atoms with Crippen LogP contribution in [0, 0.1) is 10.1 Å². The Bertz CT molecular complexity index is 820. The number of benzene rings is 2. The van der Waals surface area contributed by atoms with Crippen LogP contribution in [0.3, 0.4) is 0 Å². The molecule has 0 radical (unpaired) electrons. The van der Waals surface area contributed by atoms with E-state index in [2.05, 4.69) is 4.72 Å². The van der Waals surface area contributed by atoms with Gasteiger partial charge in [-0.05, 0) is 19.1 Å². The maximum Gasteiger partial charge on any atom is 0.289 e. The van der Waals surface area contributed by atoms with Gasteiger partial charge in [-0.1, -0.05) is 30.3 Å². The highest BCUT2D eigenvalue weighted by Crippen LogP contribution is 2.28. The van der Waals surface area contributed by atoms with Gasteiger partial charge in [-0.15, -0.1) is 0 Å². The number of hydrogen-bond donors (Lipinski definition) is 1. The lowest BCUT2D eigenvalue weighted by molar-refractivity contribution is -0.387. The Kier molecular flexibility index (Phi) is 4.97. The molecule has 8 heteroatoms. The highest BCUT2D eigenvalue weighted by Gasteiger charge is 2.27. The van der Waals surface area contributed by atoms with Crippen molar-refractivity contribution in [2.24, 2.45) is 0 Å². The summed E-state index contributed by atoms with van der Waals surface area (Å²) < 4.78 is 32.6. The van der Waals surface area contributed by atoms with Crippen molar-refractivity contribution in [3.63, 3.8) is 0 Å². The van der Waals surface area contributed by atoms with Crippen molar-refractivity contribution in [2.75, 3.05) is 7.11 Å². The number of rotatable bonds is 6. The molecule has 23 heavy (non-hydrogen) atoms. The average molecular weight is 336 g/mol. The zero-order chi connectivity index (χ0) is 17.0. The average Bonchev–Trinajstić information content (AvgIpc) is 2.54. The fourth-order valence-electron chi connectivity index (χ4n) is 2.22. The minimum Gasteiger partial charge on any atom is -0.496 e. The number of methoxy groups -OCH3 is 1. The number of ether oxygens (including phenoxy) is 1. The van der Waals surface area contributed by atoms with E-state index < -0.39 is 26.7 Å². The molecule has 0 spiro atoms. The molecule has 0 aliphatic heterocycles. The molecule has 0 saturated carbocycles. The van der Waals surface area contributed by atoms with E-state index in [4.69, 9.17) is 4.74 Å². The van der Waals surface area contributed by atoms with Gasteiger partial charge < -0.3 is 4.74 Å². The minimum atomic E-state index is -4.06. The number of para-hydroxylation sites is 2. The van der Waals surface area contributed by atoms with E-state index in [1.165, 1.54) is 25.3 Å². The molecule has 0 aliphatic rings. The Morgan fingerprint density at radius 1 is 1.13 bits per heavy atom. The molecule has 2 rings (SSSR count). The molecule has 0 saturated heterocycles. The van der Waals surface area contributed by atoms with Gasteiger partial charge >= 0.3 is 0 Å². The Labute approximate surface area is 134 Å². The van der Waals surface area contributed by atoms with Crippen LogP contribution >= 0.6 is 0 Å². The van der Waals surface area contributed by atoms with E-state index in [0.717, 1.165) is 6.07 Å². The van der Waals surface area contributed by atoms with Gasteiger partial charge in [0.2, 0.25) is 10.0 Å². The molecule has 2 aromatic rings. The summed E-state index contributed by atoms with van der Waals surface area (Å²) in [7, 11) is -2.57. The first-order valence-electron chi connectivity index (χ1n) is 6.75. The van der Waals surface area contributed by atoms with Gasteiger partial charge in [-0.2, -0.15) is 0 Å². The first kappa shape index (κ1) is 16.9. The van der Waals surface area contributed by atoms with Crippen molar-refractivity contribution >= 4 is 15.7 Å². The quantitative estimate of drug-likeness (QED) is 0.646. The summed E-state index contributed by atoms with van der Waals surface area (Å²) in [6.45, 7) is 1.64. The summed E-state index contributed by atoms with van der Waals surface area (Å²) in [6.07, 6.45) is 0. The van der Waals surface area contributed by atoms with Crippen LogP contribution in [0.25, 0.3) is 0 Å². The molecule has 0 heterocycles. The fraction of sp³-hybridized carbons (Fsp3) is 0.200. The molecule has 0 fully saturated rings. The Morgan fingerprint density at radius 3 is 2.39 bits per heavy atom. The maximum absolute atomic E-state index is 12.5. The van der Waals surface area contributed by atoms with Crippen molar-refractivity contribution in [1.29, 1.82) is 0 Å². The summed E-state index contributed by atoms with van der Waals surface area (Å²) in [5.74, 6) is 0.533. The van der Waals surface area contributed by atoms with E-state index in [0.29, 0.717) is 11.3 Å². The standard InChI is InChI=1S/C15H16N2O5S/c1-11(12-7-3-5-9-14(12)22-2)16-23(20,21)15-10-6-4-8-13(15)17(18)19/h3-11,16H,1-2H3/t11-/m1/s1. The maximum atomic E-state index is 12.5. The van der Waals surface area contributed by atoms with Gasteiger partial charge in [0.05, 0.1) is 12.0 Å². The van der Waals surface area contributed by atoms with Crippen LogP contribution in [-0.2, 0) is 10.0 Å². The lowest BCUT2D eigenvalue weighted by Crippen LogP contribution is -2.27. The third-order valence-electron chi connectivity index (χ3n) is 3.29. The molecule has 0 bridgehead atoms. The molecular formula is C15H16N2O5S. The Morgan fingerprint density at radius 2 is 1.74 bits per heavy atom. The van der Waals surface area contributed by atoms with Crippen LogP contribution < -0.4 is 9.46 Å². The van der Waals surface area contributed by atoms with Crippen LogP contribution in [0.5, 0.6) is 5.75 Å². The molecule has 0 unspecified atom stereocenters. The largest absolute Gasteiger partial charge is 0.496 e. The van der Waals surface area contributed by atoms with Crippen LogP contribution in [0.1, 0.15) is 18.5 Å². The SMILES string of the molecule is COc1ccccc1[C@@H](C)NS(=O)(=O)c1ccccc1[N+](=O)[O-]. The second-order valence-corrected chi connectivity index (χ2v) is 6.49. The fourth-order valence-corrected chi connectivity index (χ4v) is 3.61. The number of nitro benzene ring substituents is 1. The molecule has 0 amide bonds. The van der Waals surface area contributed by atoms with Crippen LogP contribution in [-0.4, -0.2) is 20.5 Å². The van der Waals surface area contributed by atoms with Crippen LogP contribution in [0.15, 0.2) is 53.4 Å². The third-order valence-corrected chi connectivity index (χ3v) is 4.88. The number of nitro groups is 1.